The second-order valence-corrected chi connectivity index (χ2v) is 7.12. The molecule has 1 N–H and O–H groups in total. The van der Waals surface area contributed by atoms with E-state index in [0.29, 0.717) is 12.0 Å². The van der Waals surface area contributed by atoms with Crippen LogP contribution < -0.4 is 5.32 Å². The number of carbonyl (C=O) groups excluding carboxylic acids is 2. The molecule has 0 spiro atoms. The number of hydrogen-bond donors (Lipinski definition) is 1. The number of halogens is 1. The Morgan fingerprint density at radius 2 is 1.88 bits per heavy atom. The number of amides is 1. The van der Waals surface area contributed by atoms with Crippen molar-refractivity contribution in [2.24, 2.45) is 0 Å². The second kappa shape index (κ2) is 6.40. The highest BCUT2D eigenvalue weighted by molar-refractivity contribution is 9.10. The standard InChI is InChI=1S/C19H18BrNO3/c1-12(13-7-9-15(20)10-8-13)21-18(23)19(2)11-14-5-3-4-6-16(14)17(22)24-19/h3-10,12H,11H2,1-2H3,(H,21,23)/t12-,19+/m0/s1. The fourth-order valence-corrected chi connectivity index (χ4v) is 3.11. The largest absolute Gasteiger partial charge is 0.445 e. The second-order valence-electron chi connectivity index (χ2n) is 6.20. The van der Waals surface area contributed by atoms with Gasteiger partial charge >= 0.3 is 5.97 Å². The highest BCUT2D eigenvalue weighted by atomic mass is 79.9. The van der Waals surface area contributed by atoms with E-state index in [1.54, 1.807) is 19.1 Å². The van der Waals surface area contributed by atoms with Gasteiger partial charge in [-0.3, -0.25) is 4.79 Å². The molecule has 0 saturated heterocycles. The Bertz CT molecular complexity index is 787. The first kappa shape index (κ1) is 16.7. The molecule has 0 bridgehead atoms. The van der Waals surface area contributed by atoms with Gasteiger partial charge in [0.2, 0.25) is 0 Å². The van der Waals surface area contributed by atoms with Gasteiger partial charge in [0.05, 0.1) is 11.6 Å². The van der Waals surface area contributed by atoms with E-state index in [9.17, 15) is 9.59 Å². The SMILES string of the molecule is C[C@H](NC(=O)[C@@]1(C)Cc2ccccc2C(=O)O1)c1ccc(Br)cc1. The molecule has 1 amide bonds. The molecule has 0 aromatic heterocycles. The van der Waals surface area contributed by atoms with Crippen LogP contribution in [0.25, 0.3) is 0 Å². The van der Waals surface area contributed by atoms with Crippen molar-refractivity contribution in [2.75, 3.05) is 0 Å². The highest BCUT2D eigenvalue weighted by Gasteiger charge is 2.42. The van der Waals surface area contributed by atoms with Crippen LogP contribution in [-0.2, 0) is 16.0 Å². The lowest BCUT2D eigenvalue weighted by molar-refractivity contribution is -0.140. The number of fused-ring (bicyclic) bond motifs is 1. The molecular weight excluding hydrogens is 370 g/mol. The Hall–Kier alpha value is -2.14. The molecule has 1 aliphatic rings. The first-order chi connectivity index (χ1) is 11.4. The van der Waals surface area contributed by atoms with E-state index in [2.05, 4.69) is 21.2 Å². The molecule has 0 fully saturated rings. The summed E-state index contributed by atoms with van der Waals surface area (Å²) >= 11 is 3.39. The normalized spacial score (nSPS) is 20.7. The first-order valence-electron chi connectivity index (χ1n) is 7.77. The topological polar surface area (TPSA) is 55.4 Å². The molecular formula is C19H18BrNO3. The molecule has 2 aromatic carbocycles. The Morgan fingerprint density at radius 1 is 1.21 bits per heavy atom. The molecule has 1 heterocycles. The van der Waals surface area contributed by atoms with Crippen molar-refractivity contribution in [1.82, 2.24) is 5.32 Å². The van der Waals surface area contributed by atoms with Crippen molar-refractivity contribution < 1.29 is 14.3 Å². The first-order valence-corrected chi connectivity index (χ1v) is 8.56. The lowest BCUT2D eigenvalue weighted by Gasteiger charge is -2.34. The summed E-state index contributed by atoms with van der Waals surface area (Å²) < 4.78 is 6.44. The Labute approximate surface area is 149 Å². The molecule has 124 valence electrons. The van der Waals surface area contributed by atoms with Crippen LogP contribution in [0.4, 0.5) is 0 Å². The van der Waals surface area contributed by atoms with Crippen LogP contribution in [0.2, 0.25) is 0 Å². The van der Waals surface area contributed by atoms with E-state index in [1.807, 2.05) is 43.3 Å². The molecule has 0 aliphatic carbocycles. The fraction of sp³-hybridized carbons (Fsp3) is 0.263. The minimum Gasteiger partial charge on any atom is -0.445 e. The van der Waals surface area contributed by atoms with Crippen LogP contribution in [-0.4, -0.2) is 17.5 Å². The van der Waals surface area contributed by atoms with Gasteiger partial charge in [0.1, 0.15) is 0 Å². The molecule has 4 nitrogen and oxygen atoms in total. The molecule has 2 atom stereocenters. The summed E-state index contributed by atoms with van der Waals surface area (Å²) in [6.45, 7) is 3.56. The monoisotopic (exact) mass is 387 g/mol. The van der Waals surface area contributed by atoms with E-state index >= 15 is 0 Å². The van der Waals surface area contributed by atoms with Crippen molar-refractivity contribution in [3.8, 4) is 0 Å². The summed E-state index contributed by atoms with van der Waals surface area (Å²) in [5.74, 6) is -0.744. The number of cyclic esters (lactones) is 1. The van der Waals surface area contributed by atoms with Crippen molar-refractivity contribution in [3.05, 3.63) is 69.7 Å². The van der Waals surface area contributed by atoms with Crippen molar-refractivity contribution >= 4 is 27.8 Å². The van der Waals surface area contributed by atoms with E-state index in [1.165, 1.54) is 0 Å². The van der Waals surface area contributed by atoms with Gasteiger partial charge in [0, 0.05) is 10.9 Å². The minimum atomic E-state index is -1.20. The Balaban J connectivity index is 1.77. The van der Waals surface area contributed by atoms with Gasteiger partial charge in [-0.25, -0.2) is 4.79 Å². The van der Waals surface area contributed by atoms with Crippen molar-refractivity contribution in [1.29, 1.82) is 0 Å². The van der Waals surface area contributed by atoms with Gasteiger partial charge in [-0.15, -0.1) is 0 Å². The average Bonchev–Trinajstić information content (AvgIpc) is 2.55. The van der Waals surface area contributed by atoms with Crippen LogP contribution in [0.3, 0.4) is 0 Å². The molecule has 0 radical (unpaired) electrons. The van der Waals surface area contributed by atoms with Gasteiger partial charge < -0.3 is 10.1 Å². The summed E-state index contributed by atoms with van der Waals surface area (Å²) in [5.41, 5.74) is 1.15. The van der Waals surface area contributed by atoms with Gasteiger partial charge in [-0.1, -0.05) is 46.3 Å². The Morgan fingerprint density at radius 3 is 2.58 bits per heavy atom. The van der Waals surface area contributed by atoms with Crippen LogP contribution >= 0.6 is 15.9 Å². The van der Waals surface area contributed by atoms with E-state index in [4.69, 9.17) is 4.74 Å². The van der Waals surface area contributed by atoms with E-state index in [-0.39, 0.29) is 11.9 Å². The number of hydrogen-bond acceptors (Lipinski definition) is 3. The Kier molecular flexibility index (Phi) is 4.45. The van der Waals surface area contributed by atoms with Gasteiger partial charge in [0.15, 0.2) is 5.60 Å². The maximum atomic E-state index is 12.7. The zero-order chi connectivity index (χ0) is 17.3. The third kappa shape index (κ3) is 3.22. The number of carbonyl (C=O) groups is 2. The predicted octanol–water partition coefficient (Wildman–Crippen LogP) is 3.80. The molecule has 0 saturated carbocycles. The van der Waals surface area contributed by atoms with E-state index in [0.717, 1.165) is 15.6 Å². The molecule has 0 unspecified atom stereocenters. The van der Waals surface area contributed by atoms with Crippen LogP contribution in [0, 0.1) is 0 Å². The van der Waals surface area contributed by atoms with Crippen molar-refractivity contribution in [3.63, 3.8) is 0 Å². The fourth-order valence-electron chi connectivity index (χ4n) is 2.84. The summed E-state index contributed by atoms with van der Waals surface area (Å²) in [7, 11) is 0. The molecule has 3 rings (SSSR count). The third-order valence-corrected chi connectivity index (χ3v) is 4.81. The van der Waals surface area contributed by atoms with Gasteiger partial charge in [0.25, 0.3) is 5.91 Å². The van der Waals surface area contributed by atoms with Crippen LogP contribution in [0.15, 0.2) is 53.0 Å². The number of ether oxygens (including phenoxy) is 1. The number of rotatable bonds is 3. The quantitative estimate of drug-likeness (QED) is 0.814. The third-order valence-electron chi connectivity index (χ3n) is 4.28. The number of nitrogens with one attached hydrogen (secondary N) is 1. The minimum absolute atomic E-state index is 0.182. The average molecular weight is 388 g/mol. The summed E-state index contributed by atoms with van der Waals surface area (Å²) in [5, 5.41) is 2.95. The van der Waals surface area contributed by atoms with Crippen LogP contribution in [0.1, 0.15) is 41.4 Å². The maximum absolute atomic E-state index is 12.7. The molecule has 24 heavy (non-hydrogen) atoms. The summed E-state index contributed by atoms with van der Waals surface area (Å²) in [4.78, 5) is 24.9. The zero-order valence-electron chi connectivity index (χ0n) is 13.5. The maximum Gasteiger partial charge on any atom is 0.339 e. The molecule has 2 aromatic rings. The highest BCUT2D eigenvalue weighted by Crippen LogP contribution is 2.29. The zero-order valence-corrected chi connectivity index (χ0v) is 15.1. The molecule has 1 aliphatic heterocycles. The molecule has 5 heteroatoms. The van der Waals surface area contributed by atoms with Gasteiger partial charge in [-0.05, 0) is 43.2 Å². The summed E-state index contributed by atoms with van der Waals surface area (Å²) in [6.07, 6.45) is 0.369. The lowest BCUT2D eigenvalue weighted by atomic mass is 9.89. The smallest absolute Gasteiger partial charge is 0.339 e. The van der Waals surface area contributed by atoms with Crippen molar-refractivity contribution in [2.45, 2.75) is 31.9 Å². The number of benzene rings is 2. The van der Waals surface area contributed by atoms with Crippen LogP contribution in [0.5, 0.6) is 0 Å². The van der Waals surface area contributed by atoms with Gasteiger partial charge in [-0.2, -0.15) is 0 Å². The summed E-state index contributed by atoms with van der Waals surface area (Å²) in [6, 6.07) is 14.8. The van der Waals surface area contributed by atoms with E-state index < -0.39 is 11.6 Å². The number of esters is 1. The lowest BCUT2D eigenvalue weighted by Crippen LogP contribution is -2.52. The predicted molar refractivity (Wildman–Crippen MR) is 94.7 cm³/mol.